The van der Waals surface area contributed by atoms with Crippen LogP contribution in [0.25, 0.3) is 0 Å². The summed E-state index contributed by atoms with van der Waals surface area (Å²) >= 11 is 3.02. The second-order valence-electron chi connectivity index (χ2n) is 3.67. The van der Waals surface area contributed by atoms with Gasteiger partial charge in [-0.1, -0.05) is 22.4 Å². The summed E-state index contributed by atoms with van der Waals surface area (Å²) in [6.45, 7) is 0.567. The van der Waals surface area contributed by atoms with Gasteiger partial charge >= 0.3 is 0 Å². The summed E-state index contributed by atoms with van der Waals surface area (Å²) in [6.07, 6.45) is 2.12. The third-order valence-corrected chi connectivity index (χ3v) is 2.84. The molecule has 0 aliphatic rings. The molecule has 1 atom stereocenters. The van der Waals surface area contributed by atoms with Gasteiger partial charge in [0.2, 0.25) is 0 Å². The van der Waals surface area contributed by atoms with Gasteiger partial charge in [0, 0.05) is 16.1 Å². The van der Waals surface area contributed by atoms with Crippen LogP contribution in [0.5, 0.6) is 0 Å². The third kappa shape index (κ3) is 4.87. The highest BCUT2D eigenvalue weighted by Gasteiger charge is 2.17. The standard InChI is InChI=1S/C11H15BrF2N2.ClH/c12-7-5-8(13)11(9(14)6-7)10(16)3-1-2-4-15;/h5-6,10H,1-4,15-16H2;1H/t10-;/m1./s1. The minimum absolute atomic E-state index is 0. The monoisotopic (exact) mass is 328 g/mol. The fourth-order valence-electron chi connectivity index (χ4n) is 1.56. The van der Waals surface area contributed by atoms with Crippen molar-refractivity contribution >= 4 is 28.3 Å². The van der Waals surface area contributed by atoms with Crippen molar-refractivity contribution in [2.75, 3.05) is 6.54 Å². The molecule has 0 saturated carbocycles. The van der Waals surface area contributed by atoms with Gasteiger partial charge in [-0.2, -0.15) is 0 Å². The van der Waals surface area contributed by atoms with E-state index in [-0.39, 0.29) is 18.0 Å². The van der Waals surface area contributed by atoms with E-state index in [2.05, 4.69) is 15.9 Å². The molecule has 0 fully saturated rings. The maximum absolute atomic E-state index is 13.5. The zero-order chi connectivity index (χ0) is 12.1. The minimum Gasteiger partial charge on any atom is -0.330 e. The molecule has 0 aliphatic heterocycles. The van der Waals surface area contributed by atoms with Crippen LogP contribution in [-0.4, -0.2) is 6.54 Å². The van der Waals surface area contributed by atoms with Crippen molar-refractivity contribution in [3.05, 3.63) is 33.8 Å². The largest absolute Gasteiger partial charge is 0.330 e. The predicted molar refractivity (Wildman–Crippen MR) is 71.1 cm³/mol. The second kappa shape index (κ2) is 7.97. The first-order valence-corrected chi connectivity index (χ1v) is 5.95. The summed E-state index contributed by atoms with van der Waals surface area (Å²) in [5, 5.41) is 0. The maximum atomic E-state index is 13.5. The predicted octanol–water partition coefficient (Wildman–Crippen LogP) is 3.28. The highest BCUT2D eigenvalue weighted by molar-refractivity contribution is 9.10. The van der Waals surface area contributed by atoms with Crippen LogP contribution in [0.15, 0.2) is 16.6 Å². The van der Waals surface area contributed by atoms with Crippen LogP contribution < -0.4 is 11.5 Å². The highest BCUT2D eigenvalue weighted by atomic mass is 79.9. The van der Waals surface area contributed by atoms with E-state index in [0.717, 1.165) is 12.8 Å². The summed E-state index contributed by atoms with van der Waals surface area (Å²) in [6, 6.07) is 1.84. The molecule has 0 aromatic heterocycles. The molecular weight excluding hydrogens is 313 g/mol. The molecule has 0 amide bonds. The quantitative estimate of drug-likeness (QED) is 0.815. The van der Waals surface area contributed by atoms with Gasteiger partial charge in [-0.15, -0.1) is 12.4 Å². The molecule has 17 heavy (non-hydrogen) atoms. The van der Waals surface area contributed by atoms with E-state index in [1.165, 1.54) is 12.1 Å². The first-order chi connectivity index (χ1) is 7.56. The van der Waals surface area contributed by atoms with Crippen molar-refractivity contribution in [3.63, 3.8) is 0 Å². The molecule has 4 N–H and O–H groups in total. The number of nitrogens with two attached hydrogens (primary N) is 2. The molecule has 6 heteroatoms. The Labute approximate surface area is 114 Å². The van der Waals surface area contributed by atoms with E-state index in [1.54, 1.807) is 0 Å². The molecule has 0 radical (unpaired) electrons. The zero-order valence-electron chi connectivity index (χ0n) is 9.26. The molecule has 0 spiro atoms. The van der Waals surface area contributed by atoms with Crippen LogP contribution in [-0.2, 0) is 0 Å². The van der Waals surface area contributed by atoms with E-state index in [4.69, 9.17) is 11.5 Å². The molecule has 0 bridgehead atoms. The molecular formula is C11H16BrClF2N2. The molecule has 0 aliphatic carbocycles. The number of unbranched alkanes of at least 4 members (excludes halogenated alkanes) is 1. The van der Waals surface area contributed by atoms with Crippen LogP contribution >= 0.6 is 28.3 Å². The van der Waals surface area contributed by atoms with E-state index in [9.17, 15) is 8.78 Å². The van der Waals surface area contributed by atoms with Gasteiger partial charge in [0.15, 0.2) is 0 Å². The van der Waals surface area contributed by atoms with Crippen LogP contribution in [0.1, 0.15) is 30.9 Å². The van der Waals surface area contributed by atoms with Crippen molar-refractivity contribution in [1.82, 2.24) is 0 Å². The second-order valence-corrected chi connectivity index (χ2v) is 4.59. The molecule has 1 rings (SSSR count). The Morgan fingerprint density at radius 2 is 1.71 bits per heavy atom. The van der Waals surface area contributed by atoms with Gasteiger partial charge in [0.25, 0.3) is 0 Å². The smallest absolute Gasteiger partial charge is 0.132 e. The van der Waals surface area contributed by atoms with Gasteiger partial charge in [-0.05, 0) is 31.5 Å². The molecule has 1 aromatic carbocycles. The molecule has 98 valence electrons. The van der Waals surface area contributed by atoms with Crippen molar-refractivity contribution < 1.29 is 8.78 Å². The lowest BCUT2D eigenvalue weighted by Gasteiger charge is -2.14. The maximum Gasteiger partial charge on any atom is 0.132 e. The highest BCUT2D eigenvalue weighted by Crippen LogP contribution is 2.26. The summed E-state index contributed by atoms with van der Waals surface area (Å²) < 4.78 is 27.4. The Morgan fingerprint density at radius 3 is 2.18 bits per heavy atom. The van der Waals surface area contributed by atoms with Gasteiger partial charge in [0.1, 0.15) is 11.6 Å². The summed E-state index contributed by atoms with van der Waals surface area (Å²) in [4.78, 5) is 0. The van der Waals surface area contributed by atoms with Gasteiger partial charge in [-0.3, -0.25) is 0 Å². The molecule has 1 aromatic rings. The lowest BCUT2D eigenvalue weighted by atomic mass is 10.0. The average Bonchev–Trinajstić information content (AvgIpc) is 2.16. The Bertz CT molecular complexity index is 340. The lowest BCUT2D eigenvalue weighted by molar-refractivity contribution is 0.499. The van der Waals surface area contributed by atoms with E-state index in [0.29, 0.717) is 17.4 Å². The van der Waals surface area contributed by atoms with Crippen LogP contribution in [0.2, 0.25) is 0 Å². The fraction of sp³-hybridized carbons (Fsp3) is 0.455. The minimum atomic E-state index is -0.611. The van der Waals surface area contributed by atoms with Gasteiger partial charge < -0.3 is 11.5 Å². The van der Waals surface area contributed by atoms with Gasteiger partial charge in [0.05, 0.1) is 0 Å². The van der Waals surface area contributed by atoms with E-state index < -0.39 is 17.7 Å². The van der Waals surface area contributed by atoms with Crippen molar-refractivity contribution in [2.45, 2.75) is 25.3 Å². The summed E-state index contributed by atoms with van der Waals surface area (Å²) in [5.41, 5.74) is 11.0. The van der Waals surface area contributed by atoms with Crippen LogP contribution in [0, 0.1) is 11.6 Å². The van der Waals surface area contributed by atoms with Crippen molar-refractivity contribution in [1.29, 1.82) is 0 Å². The van der Waals surface area contributed by atoms with Crippen molar-refractivity contribution in [3.8, 4) is 0 Å². The molecule has 0 unspecified atom stereocenters. The number of hydrogen-bond donors (Lipinski definition) is 2. The summed E-state index contributed by atoms with van der Waals surface area (Å²) in [5.74, 6) is -1.21. The van der Waals surface area contributed by atoms with E-state index >= 15 is 0 Å². The Kier molecular flexibility index (Phi) is 7.87. The number of halogens is 4. The molecule has 2 nitrogen and oxygen atoms in total. The van der Waals surface area contributed by atoms with Crippen LogP contribution in [0.3, 0.4) is 0 Å². The third-order valence-electron chi connectivity index (χ3n) is 2.38. The Hall–Kier alpha value is -0.230. The first-order valence-electron chi connectivity index (χ1n) is 5.16. The number of rotatable bonds is 5. The average molecular weight is 330 g/mol. The number of benzene rings is 1. The van der Waals surface area contributed by atoms with E-state index in [1.807, 2.05) is 0 Å². The Morgan fingerprint density at radius 1 is 1.18 bits per heavy atom. The first kappa shape index (κ1) is 16.8. The Balaban J connectivity index is 0.00000256. The normalized spacial score (nSPS) is 12.1. The van der Waals surface area contributed by atoms with Gasteiger partial charge in [-0.25, -0.2) is 8.78 Å². The summed E-state index contributed by atoms with van der Waals surface area (Å²) in [7, 11) is 0. The number of hydrogen-bond acceptors (Lipinski definition) is 2. The molecule has 0 saturated heterocycles. The van der Waals surface area contributed by atoms with Crippen LogP contribution in [0.4, 0.5) is 8.78 Å². The lowest BCUT2D eigenvalue weighted by Crippen LogP contribution is -2.15. The molecule has 0 heterocycles. The zero-order valence-corrected chi connectivity index (χ0v) is 11.7. The van der Waals surface area contributed by atoms with Crippen molar-refractivity contribution in [2.24, 2.45) is 11.5 Å². The topological polar surface area (TPSA) is 52.0 Å². The fourth-order valence-corrected chi connectivity index (χ4v) is 1.96. The SMILES string of the molecule is Cl.NCCCC[C@@H](N)c1c(F)cc(Br)cc1F.